The molecule has 4 aliphatic rings. The van der Waals surface area contributed by atoms with Crippen molar-refractivity contribution in [1.29, 1.82) is 0 Å². The van der Waals surface area contributed by atoms with Crippen molar-refractivity contribution in [1.82, 2.24) is 0 Å². The van der Waals surface area contributed by atoms with E-state index in [1.165, 1.54) is 14.2 Å². The number of ether oxygens (including phenoxy) is 11. The lowest BCUT2D eigenvalue weighted by molar-refractivity contribution is -0.153. The van der Waals surface area contributed by atoms with E-state index < -0.39 is 36.1 Å². The maximum absolute atomic E-state index is 12.0. The molecule has 3 aromatic rings. The third kappa shape index (κ3) is 5.01. The summed E-state index contributed by atoms with van der Waals surface area (Å²) in [5.41, 5.74) is 0.0433. The van der Waals surface area contributed by atoms with Crippen LogP contribution >= 0.6 is 11.6 Å². The molecule has 6 atom stereocenters. The van der Waals surface area contributed by atoms with Crippen LogP contribution in [0.25, 0.3) is 0 Å². The van der Waals surface area contributed by atoms with Crippen LogP contribution in [0.5, 0.6) is 46.0 Å². The Morgan fingerprint density at radius 3 is 2.33 bits per heavy atom. The van der Waals surface area contributed by atoms with Crippen LogP contribution in [0.1, 0.15) is 23.3 Å². The molecule has 0 radical (unpaired) electrons. The standard InChI is InChI=1S/C32H33ClO12/c1-35-13-25-26(16-5-7-17(33)8-6-16)44-22-10-20(36-2)18(9-21(22)43-25)27-19-12-39-31(32(19,34)14-40-27)45-29-23(37-3)11-24-28(30(29)38-4)42-15-41-24/h5-11,19,25-27,31,34H,12-15H2,1-4H3/t19-,25-,26-,27-,31-,32-/m0/s1. The molecule has 2 saturated heterocycles. The maximum Gasteiger partial charge on any atom is 0.232 e. The lowest BCUT2D eigenvalue weighted by atomic mass is 9.85. The van der Waals surface area contributed by atoms with Crippen LogP contribution in [0.3, 0.4) is 0 Å². The smallest absolute Gasteiger partial charge is 0.232 e. The summed E-state index contributed by atoms with van der Waals surface area (Å²) >= 11 is 6.11. The van der Waals surface area contributed by atoms with Gasteiger partial charge in [0.2, 0.25) is 30.3 Å². The molecule has 0 amide bonds. The minimum absolute atomic E-state index is 0.0329. The average molecular weight is 645 g/mol. The van der Waals surface area contributed by atoms with Crippen molar-refractivity contribution >= 4 is 11.6 Å². The maximum atomic E-state index is 12.0. The van der Waals surface area contributed by atoms with Crippen molar-refractivity contribution in [3.05, 3.63) is 58.6 Å². The van der Waals surface area contributed by atoms with Crippen LogP contribution in [0.4, 0.5) is 0 Å². The molecule has 1 N–H and O–H groups in total. The molecule has 0 aromatic heterocycles. The first-order chi connectivity index (χ1) is 21.9. The number of hydrogen-bond acceptors (Lipinski definition) is 12. The van der Waals surface area contributed by atoms with Crippen molar-refractivity contribution in [3.8, 4) is 46.0 Å². The van der Waals surface area contributed by atoms with Crippen LogP contribution < -0.4 is 37.9 Å². The highest BCUT2D eigenvalue weighted by molar-refractivity contribution is 6.30. The predicted octanol–water partition coefficient (Wildman–Crippen LogP) is 4.48. The third-order valence-corrected chi connectivity index (χ3v) is 8.78. The van der Waals surface area contributed by atoms with Gasteiger partial charge in [0, 0.05) is 29.8 Å². The van der Waals surface area contributed by atoms with Gasteiger partial charge in [-0.15, -0.1) is 0 Å². The molecule has 0 aliphatic carbocycles. The number of rotatable bonds is 9. The monoisotopic (exact) mass is 644 g/mol. The number of halogens is 1. The molecule has 7 rings (SSSR count). The van der Waals surface area contributed by atoms with Gasteiger partial charge in [-0.3, -0.25) is 0 Å². The summed E-state index contributed by atoms with van der Waals surface area (Å²) in [6.07, 6.45) is -2.59. The highest BCUT2D eigenvalue weighted by Crippen LogP contribution is 2.56. The second-order valence-electron chi connectivity index (χ2n) is 11.0. The predicted molar refractivity (Wildman–Crippen MR) is 157 cm³/mol. The lowest BCUT2D eigenvalue weighted by Gasteiger charge is -2.35. The number of aliphatic hydroxyl groups is 1. The quantitative estimate of drug-likeness (QED) is 0.354. The number of methoxy groups -OCH3 is 4. The van der Waals surface area contributed by atoms with E-state index in [-0.39, 0.29) is 38.1 Å². The van der Waals surface area contributed by atoms with Crippen molar-refractivity contribution < 1.29 is 57.2 Å². The van der Waals surface area contributed by atoms with Crippen molar-refractivity contribution in [2.45, 2.75) is 30.2 Å². The SMILES string of the molecule is COC[C@@H]1Oc2cc([C@@H]3OC[C@@]4(O)[C@H](Oc5c(OC)cc6c(c5OC)OCO6)OC[C@@H]34)c(OC)cc2O[C@H]1c1ccc(Cl)cc1. The zero-order valence-corrected chi connectivity index (χ0v) is 25.8. The molecule has 240 valence electrons. The molecular formula is C32H33ClO12. The molecule has 2 fully saturated rings. The second-order valence-corrected chi connectivity index (χ2v) is 11.5. The summed E-state index contributed by atoms with van der Waals surface area (Å²) in [4.78, 5) is 0. The molecule has 3 aromatic carbocycles. The Morgan fingerprint density at radius 2 is 1.60 bits per heavy atom. The minimum Gasteiger partial charge on any atom is -0.496 e. The van der Waals surface area contributed by atoms with E-state index in [2.05, 4.69) is 0 Å². The number of fused-ring (bicyclic) bond motifs is 3. The molecular weight excluding hydrogens is 612 g/mol. The highest BCUT2D eigenvalue weighted by atomic mass is 35.5. The van der Waals surface area contributed by atoms with Gasteiger partial charge in [-0.1, -0.05) is 23.7 Å². The Bertz CT molecular complexity index is 1560. The van der Waals surface area contributed by atoms with Gasteiger partial charge in [0.15, 0.2) is 40.8 Å². The first-order valence-corrected chi connectivity index (χ1v) is 14.7. The molecule has 0 saturated carbocycles. The van der Waals surface area contributed by atoms with Gasteiger partial charge in [-0.05, 0) is 23.8 Å². The first-order valence-electron chi connectivity index (χ1n) is 14.3. The highest BCUT2D eigenvalue weighted by Gasteiger charge is 2.61. The molecule has 12 nitrogen and oxygen atoms in total. The van der Waals surface area contributed by atoms with Crippen LogP contribution in [0.15, 0.2) is 42.5 Å². The molecule has 13 heteroatoms. The van der Waals surface area contributed by atoms with Gasteiger partial charge in [0.25, 0.3) is 0 Å². The third-order valence-electron chi connectivity index (χ3n) is 8.53. The average Bonchev–Trinajstić information content (AvgIpc) is 3.74. The normalized spacial score (nSPS) is 27.6. The topological polar surface area (TPSA) is 122 Å². The molecule has 0 bridgehead atoms. The fraction of sp³-hybridized carbons (Fsp3) is 0.438. The van der Waals surface area contributed by atoms with Gasteiger partial charge in [0.1, 0.15) is 5.75 Å². The van der Waals surface area contributed by atoms with Crippen molar-refractivity contribution in [2.24, 2.45) is 5.92 Å². The zero-order valence-electron chi connectivity index (χ0n) is 25.1. The zero-order chi connectivity index (χ0) is 31.3. The Kier molecular flexibility index (Phi) is 7.86. The molecule has 45 heavy (non-hydrogen) atoms. The molecule has 0 unspecified atom stereocenters. The second kappa shape index (κ2) is 11.8. The number of hydrogen-bond donors (Lipinski definition) is 1. The molecule has 4 aliphatic heterocycles. The Morgan fingerprint density at radius 1 is 0.844 bits per heavy atom. The van der Waals surface area contributed by atoms with Crippen molar-refractivity contribution in [3.63, 3.8) is 0 Å². The summed E-state index contributed by atoms with van der Waals surface area (Å²) in [5.74, 6) is 2.64. The fourth-order valence-electron chi connectivity index (χ4n) is 6.29. The lowest BCUT2D eigenvalue weighted by Crippen LogP contribution is -2.47. The summed E-state index contributed by atoms with van der Waals surface area (Å²) in [6.45, 7) is 0.398. The van der Waals surface area contributed by atoms with E-state index in [0.29, 0.717) is 45.1 Å². The van der Waals surface area contributed by atoms with Gasteiger partial charge in [-0.2, -0.15) is 0 Å². The first kappa shape index (κ1) is 29.9. The Balaban J connectivity index is 1.17. The number of benzene rings is 3. The molecule has 0 spiro atoms. The van der Waals surface area contributed by atoms with E-state index >= 15 is 0 Å². The Labute approximate surface area is 264 Å². The largest absolute Gasteiger partial charge is 0.496 e. The fourth-order valence-corrected chi connectivity index (χ4v) is 6.41. The van der Waals surface area contributed by atoms with Crippen LogP contribution in [0.2, 0.25) is 5.02 Å². The summed E-state index contributed by atoms with van der Waals surface area (Å²) in [5, 5.41) is 12.6. The van der Waals surface area contributed by atoms with E-state index in [9.17, 15) is 5.11 Å². The van der Waals surface area contributed by atoms with Crippen molar-refractivity contribution in [2.75, 3.05) is 55.1 Å². The van der Waals surface area contributed by atoms with E-state index in [1.54, 1.807) is 38.5 Å². The van der Waals surface area contributed by atoms with E-state index in [1.807, 2.05) is 18.2 Å². The van der Waals surface area contributed by atoms with Crippen LogP contribution in [0, 0.1) is 5.92 Å². The van der Waals surface area contributed by atoms with E-state index in [0.717, 1.165) is 5.56 Å². The van der Waals surface area contributed by atoms with Gasteiger partial charge >= 0.3 is 0 Å². The summed E-state index contributed by atoms with van der Waals surface area (Å²) in [7, 11) is 6.15. The molecule has 4 heterocycles. The Hall–Kier alpha value is -3.81. The minimum atomic E-state index is -1.52. The van der Waals surface area contributed by atoms with Crippen LogP contribution in [-0.4, -0.2) is 78.2 Å². The van der Waals surface area contributed by atoms with E-state index in [4.69, 9.17) is 63.7 Å². The van der Waals surface area contributed by atoms with Gasteiger partial charge in [0.05, 0.1) is 53.2 Å². The summed E-state index contributed by atoms with van der Waals surface area (Å²) in [6, 6.07) is 12.6. The van der Waals surface area contributed by atoms with Gasteiger partial charge in [-0.25, -0.2) is 0 Å². The van der Waals surface area contributed by atoms with Crippen LogP contribution in [-0.2, 0) is 14.2 Å². The van der Waals surface area contributed by atoms with Gasteiger partial charge < -0.3 is 57.2 Å². The summed E-state index contributed by atoms with van der Waals surface area (Å²) < 4.78 is 64.9.